The Bertz CT molecular complexity index is 1010. The van der Waals surface area contributed by atoms with Gasteiger partial charge < -0.3 is 22.7 Å². The molecule has 5 heterocycles. The zero-order valence-corrected chi connectivity index (χ0v) is 27.2. The summed E-state index contributed by atoms with van der Waals surface area (Å²) in [5.74, 6) is 0.424. The van der Waals surface area contributed by atoms with Gasteiger partial charge in [0.25, 0.3) is 0 Å². The van der Waals surface area contributed by atoms with Gasteiger partial charge >= 0.3 is 0 Å². The molecular weight excluding hydrogens is 647 g/mol. The van der Waals surface area contributed by atoms with Gasteiger partial charge in [0.15, 0.2) is 12.0 Å². The molecule has 8 nitrogen and oxygen atoms in total. The first-order valence-electron chi connectivity index (χ1n) is 15.5. The van der Waals surface area contributed by atoms with Gasteiger partial charge in [0.1, 0.15) is 0 Å². The maximum atomic E-state index is 10.4. The van der Waals surface area contributed by atoms with Crippen molar-refractivity contribution in [3.05, 3.63) is 72.0 Å². The first-order valence-corrected chi connectivity index (χ1v) is 17.0. The quantitative estimate of drug-likeness (QED) is 0.0751. The average Bonchev–Trinajstić information content (AvgIpc) is 3.84. The minimum atomic E-state index is 0.424. The summed E-state index contributed by atoms with van der Waals surface area (Å²) in [4.78, 5) is 15.4. The van der Waals surface area contributed by atoms with Gasteiger partial charge in [0.05, 0.1) is 57.7 Å². The van der Waals surface area contributed by atoms with Crippen LogP contribution in [-0.4, -0.2) is 86.2 Å². The molecule has 0 unspecified atom stereocenters. The number of morpholine rings is 2. The Morgan fingerprint density at radius 2 is 1.17 bits per heavy atom. The molecule has 0 aliphatic carbocycles. The zero-order valence-electron chi connectivity index (χ0n) is 25.1. The van der Waals surface area contributed by atoms with Crippen molar-refractivity contribution in [2.24, 2.45) is 0 Å². The van der Waals surface area contributed by atoms with Gasteiger partial charge in [-0.2, -0.15) is 0 Å². The summed E-state index contributed by atoms with van der Waals surface area (Å²) in [5, 5.41) is 0. The van der Waals surface area contributed by atoms with E-state index in [0.29, 0.717) is 5.76 Å². The molecule has 2 saturated heterocycles. The van der Waals surface area contributed by atoms with E-state index in [4.69, 9.17) is 22.7 Å². The first-order chi connectivity index (χ1) is 20.8. The van der Waals surface area contributed by atoms with E-state index in [1.807, 2.05) is 24.7 Å². The monoisotopic (exact) mass is 696 g/mol. The second-order valence-electron chi connectivity index (χ2n) is 10.7. The predicted octanol–water partition coefficient (Wildman–Crippen LogP) is 6.72. The molecule has 42 heavy (non-hydrogen) atoms. The van der Waals surface area contributed by atoms with Crippen LogP contribution in [0.1, 0.15) is 65.8 Å². The Kier molecular flexibility index (Phi) is 18.6. The number of hydrogen-bond donors (Lipinski definition) is 0. The van der Waals surface area contributed by atoms with E-state index >= 15 is 0 Å². The first kappa shape index (κ1) is 34.6. The van der Waals surface area contributed by atoms with Crippen LogP contribution in [0, 0.1) is 0 Å². The van der Waals surface area contributed by atoms with Crippen LogP contribution in [0.3, 0.4) is 0 Å². The number of alkyl halides is 1. The lowest BCUT2D eigenvalue weighted by molar-refractivity contribution is 0.0371. The molecule has 0 atom stereocenters. The molecule has 0 spiro atoms. The molecule has 2 fully saturated rings. The molecule has 0 bridgehead atoms. The van der Waals surface area contributed by atoms with Crippen LogP contribution in [-0.2, 0) is 28.7 Å². The van der Waals surface area contributed by atoms with Crippen molar-refractivity contribution in [2.75, 3.05) is 70.1 Å². The summed E-state index contributed by atoms with van der Waals surface area (Å²) in [6, 6.07) is 5.91. The number of halogens is 1. The number of unbranched alkanes of at least 4 members (excludes halogenated alkanes) is 3. The average molecular weight is 697 g/mol. The Hall–Kier alpha value is -1.92. The third kappa shape index (κ3) is 15.5. The predicted molar refractivity (Wildman–Crippen MR) is 174 cm³/mol. The molecule has 0 saturated carbocycles. The third-order valence-electron chi connectivity index (χ3n) is 7.39. The molecule has 9 heteroatoms. The Morgan fingerprint density at radius 3 is 1.60 bits per heavy atom. The highest BCUT2D eigenvalue weighted by Crippen LogP contribution is 2.11. The number of aldehydes is 1. The fraction of sp³-hybridized carbons (Fsp3) is 0.606. The lowest BCUT2D eigenvalue weighted by Crippen LogP contribution is -2.36. The van der Waals surface area contributed by atoms with Gasteiger partial charge in [-0.3, -0.25) is 14.6 Å². The maximum absolute atomic E-state index is 10.4. The Morgan fingerprint density at radius 1 is 0.667 bits per heavy atom. The number of carbonyl (C=O) groups is 1. The lowest BCUT2D eigenvalue weighted by atomic mass is 10.1. The van der Waals surface area contributed by atoms with E-state index < -0.39 is 0 Å². The van der Waals surface area contributed by atoms with E-state index in [-0.39, 0.29) is 0 Å². The summed E-state index contributed by atoms with van der Waals surface area (Å²) in [6.45, 7) is 10.2. The molecule has 234 valence electrons. The van der Waals surface area contributed by atoms with Crippen LogP contribution in [0.25, 0.3) is 0 Å². The normalized spacial score (nSPS) is 15.8. The number of hydrogen-bond acceptors (Lipinski definition) is 8. The summed E-state index contributed by atoms with van der Waals surface area (Å²) in [7, 11) is 0. The standard InChI is InChI=1S/C13H19NO3.C12H19NO2.C8H11IO/c15-10-13-9-12(11-17-13)3-1-2-4-14-5-7-16-8-6-14;1(3-12-4-8-15-11-12)2-5-13-6-9-14-10-7-13;9-5-2-1-3-8-4-6-10-7-8/h9-11H,1-8H2;4,8,11H,1-3,5-7,9-10H2;4,6-7H,1-3,5H2. The van der Waals surface area contributed by atoms with Crippen LogP contribution < -0.4 is 0 Å². The summed E-state index contributed by atoms with van der Waals surface area (Å²) < 4.78 is 26.9. The van der Waals surface area contributed by atoms with Gasteiger partial charge in [0.2, 0.25) is 0 Å². The fourth-order valence-electron chi connectivity index (χ4n) is 4.86. The largest absolute Gasteiger partial charge is 0.472 e. The lowest BCUT2D eigenvalue weighted by Gasteiger charge is -2.26. The molecular formula is C33H49IN2O6. The minimum Gasteiger partial charge on any atom is -0.472 e. The van der Waals surface area contributed by atoms with Crippen LogP contribution in [0.4, 0.5) is 0 Å². The molecule has 2 aliphatic rings. The Labute approximate surface area is 265 Å². The van der Waals surface area contributed by atoms with Gasteiger partial charge in [0, 0.05) is 26.2 Å². The number of furan rings is 3. The second kappa shape index (κ2) is 22.6. The summed E-state index contributed by atoms with van der Waals surface area (Å²) >= 11 is 2.41. The minimum absolute atomic E-state index is 0.424. The molecule has 5 rings (SSSR count). The molecule has 3 aromatic rings. The third-order valence-corrected chi connectivity index (χ3v) is 8.15. The van der Waals surface area contributed by atoms with Crippen molar-refractivity contribution < 1.29 is 27.5 Å². The highest BCUT2D eigenvalue weighted by atomic mass is 127. The van der Waals surface area contributed by atoms with Crippen molar-refractivity contribution in [1.82, 2.24) is 9.80 Å². The van der Waals surface area contributed by atoms with Crippen molar-refractivity contribution in [1.29, 1.82) is 0 Å². The fourth-order valence-corrected chi connectivity index (χ4v) is 5.40. The number of ether oxygens (including phenoxy) is 2. The number of nitrogens with zero attached hydrogens (tertiary/aromatic N) is 2. The van der Waals surface area contributed by atoms with E-state index in [1.165, 1.54) is 60.6 Å². The summed E-state index contributed by atoms with van der Waals surface area (Å²) in [6.07, 6.45) is 20.3. The van der Waals surface area contributed by atoms with E-state index in [1.54, 1.807) is 18.8 Å². The second-order valence-corrected chi connectivity index (χ2v) is 11.8. The van der Waals surface area contributed by atoms with Gasteiger partial charge in [-0.1, -0.05) is 22.6 Å². The maximum Gasteiger partial charge on any atom is 0.185 e. The Balaban J connectivity index is 0.000000179. The van der Waals surface area contributed by atoms with Crippen molar-refractivity contribution in [3.8, 4) is 0 Å². The van der Waals surface area contributed by atoms with E-state index in [2.05, 4.69) is 38.5 Å². The van der Waals surface area contributed by atoms with Crippen molar-refractivity contribution in [2.45, 2.75) is 57.8 Å². The van der Waals surface area contributed by atoms with Crippen LogP contribution >= 0.6 is 22.6 Å². The van der Waals surface area contributed by atoms with Crippen LogP contribution in [0.2, 0.25) is 0 Å². The van der Waals surface area contributed by atoms with Gasteiger partial charge in [-0.25, -0.2) is 0 Å². The van der Waals surface area contributed by atoms with Gasteiger partial charge in [-0.15, -0.1) is 0 Å². The van der Waals surface area contributed by atoms with Crippen molar-refractivity contribution in [3.63, 3.8) is 0 Å². The van der Waals surface area contributed by atoms with Gasteiger partial charge in [-0.05, 0) is 110 Å². The van der Waals surface area contributed by atoms with Crippen LogP contribution in [0.5, 0.6) is 0 Å². The van der Waals surface area contributed by atoms with Crippen molar-refractivity contribution >= 4 is 28.9 Å². The molecule has 0 N–H and O–H groups in total. The molecule has 3 aromatic heterocycles. The number of aryl methyl sites for hydroxylation is 3. The van der Waals surface area contributed by atoms with E-state index in [9.17, 15) is 4.79 Å². The highest BCUT2D eigenvalue weighted by Gasteiger charge is 2.10. The van der Waals surface area contributed by atoms with Crippen LogP contribution in [0.15, 0.2) is 62.8 Å². The smallest absolute Gasteiger partial charge is 0.185 e. The molecule has 0 aromatic carbocycles. The number of rotatable bonds is 15. The number of carbonyl (C=O) groups excluding carboxylic acids is 1. The topological polar surface area (TPSA) is 81.4 Å². The molecule has 0 amide bonds. The summed E-state index contributed by atoms with van der Waals surface area (Å²) in [5.41, 5.74) is 3.76. The van der Waals surface area contributed by atoms with E-state index in [0.717, 1.165) is 90.3 Å². The zero-order chi connectivity index (χ0) is 29.5. The molecule has 2 aliphatic heterocycles. The highest BCUT2D eigenvalue weighted by molar-refractivity contribution is 14.1. The SMILES string of the molecule is ICCCCc1ccoc1.O=Cc1cc(CCCCN2CCOCC2)co1.c1cc(CCCCN2CCOCC2)co1. The molecule has 0 radical (unpaired) electrons.